The van der Waals surface area contributed by atoms with E-state index in [4.69, 9.17) is 4.74 Å². The molecule has 1 aliphatic rings. The number of nitriles is 1. The van der Waals surface area contributed by atoms with Gasteiger partial charge in [-0.05, 0) is 43.5 Å². The smallest absolute Gasteiger partial charge is 0.167 e. The lowest BCUT2D eigenvalue weighted by molar-refractivity contribution is 0.107. The van der Waals surface area contributed by atoms with Crippen LogP contribution in [0.5, 0.6) is 0 Å². The van der Waals surface area contributed by atoms with Gasteiger partial charge >= 0.3 is 0 Å². The van der Waals surface area contributed by atoms with E-state index >= 15 is 0 Å². The predicted octanol–water partition coefficient (Wildman–Crippen LogP) is 3.19. The Morgan fingerprint density at radius 3 is 2.75 bits per heavy atom. The molecule has 2 aromatic rings. The molecule has 1 aromatic carbocycles. The number of aryl methyl sites for hydroxylation is 1. The third-order valence-corrected chi connectivity index (χ3v) is 4.25. The van der Waals surface area contributed by atoms with E-state index in [1.165, 1.54) is 6.07 Å². The Morgan fingerprint density at radius 1 is 1.25 bits per heavy atom. The van der Waals surface area contributed by atoms with Gasteiger partial charge < -0.3 is 10.1 Å². The van der Waals surface area contributed by atoms with Crippen molar-refractivity contribution in [3.05, 3.63) is 52.2 Å². The first kappa shape index (κ1) is 16.3. The molecule has 2 atom stereocenters. The van der Waals surface area contributed by atoms with Crippen molar-refractivity contribution in [1.82, 2.24) is 10.2 Å². The number of hydrogen-bond donors (Lipinski definition) is 1. The Kier molecular flexibility index (Phi) is 4.40. The third kappa shape index (κ3) is 2.93. The molecule has 1 fully saturated rings. The number of anilines is 1. The second-order valence-electron chi connectivity index (χ2n) is 5.75. The summed E-state index contributed by atoms with van der Waals surface area (Å²) in [6.45, 7) is 4.07. The van der Waals surface area contributed by atoms with Crippen LogP contribution in [0.25, 0.3) is 0 Å². The molecule has 0 saturated carbocycles. The maximum Gasteiger partial charge on any atom is 0.167 e. The van der Waals surface area contributed by atoms with Gasteiger partial charge in [-0.1, -0.05) is 6.07 Å². The lowest BCUT2D eigenvalue weighted by Gasteiger charge is -2.21. The fourth-order valence-corrected chi connectivity index (χ4v) is 2.78. The highest BCUT2D eigenvalue weighted by Gasteiger charge is 2.31. The first-order valence-electron chi connectivity index (χ1n) is 7.58. The molecule has 1 aliphatic heterocycles. The van der Waals surface area contributed by atoms with Crippen molar-refractivity contribution in [2.45, 2.75) is 32.4 Å². The van der Waals surface area contributed by atoms with E-state index in [1.807, 2.05) is 6.92 Å². The van der Waals surface area contributed by atoms with Gasteiger partial charge in [0.15, 0.2) is 17.5 Å². The summed E-state index contributed by atoms with van der Waals surface area (Å²) in [5, 5.41) is 20.6. The van der Waals surface area contributed by atoms with Gasteiger partial charge in [0.2, 0.25) is 0 Å². The maximum atomic E-state index is 13.5. The van der Waals surface area contributed by atoms with Gasteiger partial charge in [0.1, 0.15) is 17.7 Å². The Labute approximate surface area is 138 Å². The molecule has 1 saturated heterocycles. The third-order valence-electron chi connectivity index (χ3n) is 4.25. The van der Waals surface area contributed by atoms with Crippen molar-refractivity contribution in [3.8, 4) is 6.07 Å². The molecule has 2 heterocycles. The highest BCUT2D eigenvalue weighted by molar-refractivity contribution is 5.56. The monoisotopic (exact) mass is 330 g/mol. The molecule has 1 N–H and O–H groups in total. The van der Waals surface area contributed by atoms with Crippen LogP contribution in [-0.2, 0) is 4.74 Å². The van der Waals surface area contributed by atoms with Crippen LogP contribution in [-0.4, -0.2) is 22.8 Å². The maximum absolute atomic E-state index is 13.5. The van der Waals surface area contributed by atoms with Crippen molar-refractivity contribution < 1.29 is 13.5 Å². The summed E-state index contributed by atoms with van der Waals surface area (Å²) in [6, 6.07) is 5.64. The van der Waals surface area contributed by atoms with Crippen molar-refractivity contribution in [2.75, 3.05) is 11.9 Å². The molecule has 2 unspecified atom stereocenters. The Balaban J connectivity index is 1.88. The van der Waals surface area contributed by atoms with Gasteiger partial charge in [0.05, 0.1) is 11.7 Å². The zero-order valence-corrected chi connectivity index (χ0v) is 13.3. The van der Waals surface area contributed by atoms with Gasteiger partial charge in [-0.25, -0.2) is 8.78 Å². The topological polar surface area (TPSA) is 70.8 Å². The molecular weight excluding hydrogens is 314 g/mol. The van der Waals surface area contributed by atoms with E-state index in [0.29, 0.717) is 35.7 Å². The molecule has 0 spiro atoms. The number of benzene rings is 1. The summed E-state index contributed by atoms with van der Waals surface area (Å²) in [5.41, 5.74) is 2.42. The van der Waals surface area contributed by atoms with Crippen LogP contribution >= 0.6 is 0 Å². The second-order valence-corrected chi connectivity index (χ2v) is 5.75. The minimum Gasteiger partial charge on any atom is -0.371 e. The van der Waals surface area contributed by atoms with E-state index in [9.17, 15) is 14.0 Å². The molecule has 1 aromatic heterocycles. The van der Waals surface area contributed by atoms with Crippen LogP contribution in [0.1, 0.15) is 34.9 Å². The first-order chi connectivity index (χ1) is 11.5. The van der Waals surface area contributed by atoms with E-state index < -0.39 is 17.7 Å². The minimum atomic E-state index is -0.912. The van der Waals surface area contributed by atoms with E-state index in [1.54, 1.807) is 6.92 Å². The first-order valence-corrected chi connectivity index (χ1v) is 7.58. The average molecular weight is 330 g/mol. The summed E-state index contributed by atoms with van der Waals surface area (Å²) < 4.78 is 32.3. The number of halogens is 2. The highest BCUT2D eigenvalue weighted by atomic mass is 19.2. The SMILES string of the molecule is Cc1nnc(NC2CCOC2c2ccc(F)c(F)c2)c(C#N)c1C. The van der Waals surface area contributed by atoms with Crippen molar-refractivity contribution in [2.24, 2.45) is 0 Å². The standard InChI is InChI=1S/C17H16F2N4O/c1-9-10(2)22-23-17(12(9)8-20)21-15-5-6-24-16(15)11-3-4-13(18)14(19)7-11/h3-4,7,15-16H,5-6H2,1-2H3,(H,21,23). The predicted molar refractivity (Wildman–Crippen MR) is 83.3 cm³/mol. The summed E-state index contributed by atoms with van der Waals surface area (Å²) in [6.07, 6.45) is 0.207. The summed E-state index contributed by atoms with van der Waals surface area (Å²) >= 11 is 0. The Bertz CT molecular complexity index is 819. The van der Waals surface area contributed by atoms with Crippen molar-refractivity contribution in [3.63, 3.8) is 0 Å². The van der Waals surface area contributed by atoms with Gasteiger partial charge in [-0.3, -0.25) is 0 Å². The molecule has 0 aliphatic carbocycles. The minimum absolute atomic E-state index is 0.210. The lowest BCUT2D eigenvalue weighted by atomic mass is 10.0. The summed E-state index contributed by atoms with van der Waals surface area (Å²) in [7, 11) is 0. The Morgan fingerprint density at radius 2 is 2.04 bits per heavy atom. The van der Waals surface area contributed by atoms with Crippen molar-refractivity contribution in [1.29, 1.82) is 5.26 Å². The molecule has 0 bridgehead atoms. The number of aromatic nitrogens is 2. The van der Waals surface area contributed by atoms with E-state index in [0.717, 1.165) is 17.7 Å². The van der Waals surface area contributed by atoms with Crippen LogP contribution in [0.2, 0.25) is 0 Å². The largest absolute Gasteiger partial charge is 0.371 e. The average Bonchev–Trinajstić information content (AvgIpc) is 3.02. The zero-order chi connectivity index (χ0) is 17.3. The van der Waals surface area contributed by atoms with Crippen LogP contribution in [0, 0.1) is 36.8 Å². The van der Waals surface area contributed by atoms with Gasteiger partial charge in [0, 0.05) is 6.61 Å². The molecule has 0 amide bonds. The van der Waals surface area contributed by atoms with E-state index in [-0.39, 0.29) is 6.04 Å². The fraction of sp³-hybridized carbons (Fsp3) is 0.353. The molecular formula is C17H16F2N4O. The van der Waals surface area contributed by atoms with Crippen molar-refractivity contribution >= 4 is 5.82 Å². The Hall–Kier alpha value is -2.59. The number of rotatable bonds is 3. The normalized spacial score (nSPS) is 20.0. The number of ether oxygens (including phenoxy) is 1. The zero-order valence-electron chi connectivity index (χ0n) is 13.3. The number of nitrogens with zero attached hydrogens (tertiary/aromatic N) is 3. The van der Waals surface area contributed by atoms with Crippen LogP contribution < -0.4 is 5.32 Å². The molecule has 0 radical (unpaired) electrons. The van der Waals surface area contributed by atoms with Gasteiger partial charge in [-0.2, -0.15) is 10.4 Å². The lowest BCUT2D eigenvalue weighted by Crippen LogP contribution is -2.25. The fourth-order valence-electron chi connectivity index (χ4n) is 2.78. The van der Waals surface area contributed by atoms with Crippen LogP contribution in [0.4, 0.5) is 14.6 Å². The molecule has 24 heavy (non-hydrogen) atoms. The molecule has 3 rings (SSSR count). The molecule has 7 heteroatoms. The second kappa shape index (κ2) is 6.49. The van der Waals surface area contributed by atoms with Crippen LogP contribution in [0.3, 0.4) is 0 Å². The highest BCUT2D eigenvalue weighted by Crippen LogP contribution is 2.32. The molecule has 124 valence electrons. The number of hydrogen-bond acceptors (Lipinski definition) is 5. The van der Waals surface area contributed by atoms with E-state index in [2.05, 4.69) is 21.6 Å². The summed E-state index contributed by atoms with van der Waals surface area (Å²) in [5.74, 6) is -1.43. The quantitative estimate of drug-likeness (QED) is 0.936. The summed E-state index contributed by atoms with van der Waals surface area (Å²) in [4.78, 5) is 0. The number of nitrogens with one attached hydrogen (secondary N) is 1. The van der Waals surface area contributed by atoms with Gasteiger partial charge in [-0.15, -0.1) is 5.10 Å². The molecule has 5 nitrogen and oxygen atoms in total. The van der Waals surface area contributed by atoms with Crippen LogP contribution in [0.15, 0.2) is 18.2 Å². The van der Waals surface area contributed by atoms with Gasteiger partial charge in [0.25, 0.3) is 0 Å².